The van der Waals surface area contributed by atoms with Crippen LogP contribution in [0, 0.1) is 22.7 Å². The molecule has 2 saturated heterocycles. The van der Waals surface area contributed by atoms with Gasteiger partial charge in [0.05, 0.1) is 7.11 Å². The first kappa shape index (κ1) is 17.4. The van der Waals surface area contributed by atoms with Crippen molar-refractivity contribution in [3.8, 4) is 11.5 Å². The second-order valence-corrected chi connectivity index (χ2v) is 11.4. The molecule has 0 N–H and O–H groups in total. The Hall–Kier alpha value is -1.26. The third kappa shape index (κ3) is 1.41. The van der Waals surface area contributed by atoms with E-state index in [0.29, 0.717) is 17.9 Å². The summed E-state index contributed by atoms with van der Waals surface area (Å²) in [6.45, 7) is 9.55. The van der Waals surface area contributed by atoms with Gasteiger partial charge in [0.25, 0.3) is 0 Å². The molecule has 3 spiro atoms. The van der Waals surface area contributed by atoms with Gasteiger partial charge in [-0.05, 0) is 62.7 Å². The first-order chi connectivity index (χ1) is 13.9. The van der Waals surface area contributed by atoms with Crippen LogP contribution in [0.4, 0.5) is 0 Å². The van der Waals surface area contributed by atoms with Crippen molar-refractivity contribution in [1.82, 2.24) is 4.90 Å². The molecule has 7 atom stereocenters. The Kier molecular flexibility index (Phi) is 2.89. The molecule has 7 aliphatic rings. The largest absolute Gasteiger partial charge is 0.493 e. The zero-order valence-electron chi connectivity index (χ0n) is 18.4. The molecular weight excluding hydrogens is 362 g/mol. The molecule has 29 heavy (non-hydrogen) atoms. The van der Waals surface area contributed by atoms with Gasteiger partial charge in [0.1, 0.15) is 11.7 Å². The third-order valence-electron chi connectivity index (χ3n) is 11.0. The van der Waals surface area contributed by atoms with Crippen LogP contribution in [-0.2, 0) is 16.6 Å². The van der Waals surface area contributed by atoms with E-state index in [9.17, 15) is 0 Å². The summed E-state index contributed by atoms with van der Waals surface area (Å²) in [5.74, 6) is 3.14. The topological polar surface area (TPSA) is 30.9 Å². The number of ether oxygens (including phenoxy) is 3. The molecule has 0 radical (unpaired) electrons. The molecule has 156 valence electrons. The normalized spacial score (nSPS) is 50.1. The predicted octanol–water partition coefficient (Wildman–Crippen LogP) is 3.80. The number of piperidine rings is 1. The molecule has 3 aliphatic heterocycles. The van der Waals surface area contributed by atoms with Gasteiger partial charge in [-0.2, -0.15) is 0 Å². The fourth-order valence-corrected chi connectivity index (χ4v) is 9.91. The molecule has 4 nitrogen and oxygen atoms in total. The summed E-state index contributed by atoms with van der Waals surface area (Å²) in [6.07, 6.45) is 4.91. The molecular formula is C25H33NO3. The number of likely N-dealkylation sites (tertiary alicyclic amines) is 1. The minimum atomic E-state index is -0.187. The van der Waals surface area contributed by atoms with E-state index in [1.165, 1.54) is 30.4 Å². The molecule has 5 fully saturated rings. The molecule has 8 rings (SSSR count). The maximum absolute atomic E-state index is 7.08. The fourth-order valence-electron chi connectivity index (χ4n) is 9.91. The van der Waals surface area contributed by atoms with Crippen LogP contribution in [0.25, 0.3) is 0 Å². The number of fused-ring (bicyclic) bond motifs is 1. The van der Waals surface area contributed by atoms with Gasteiger partial charge in [-0.25, -0.2) is 0 Å². The van der Waals surface area contributed by atoms with Gasteiger partial charge in [0.2, 0.25) is 0 Å². The van der Waals surface area contributed by atoms with E-state index in [1.54, 1.807) is 7.11 Å². The molecule has 4 heteroatoms. The molecule has 1 aromatic carbocycles. The Labute approximate surface area is 173 Å². The summed E-state index contributed by atoms with van der Waals surface area (Å²) in [5.41, 5.74) is 3.21. The van der Waals surface area contributed by atoms with Crippen molar-refractivity contribution >= 4 is 0 Å². The van der Waals surface area contributed by atoms with Crippen LogP contribution in [0.5, 0.6) is 11.5 Å². The van der Waals surface area contributed by atoms with Crippen molar-refractivity contribution in [2.75, 3.05) is 27.3 Å². The highest BCUT2D eigenvalue weighted by atomic mass is 16.6. The summed E-state index contributed by atoms with van der Waals surface area (Å²) in [6, 6.07) is 5.05. The first-order valence-corrected chi connectivity index (χ1v) is 11.6. The summed E-state index contributed by atoms with van der Waals surface area (Å²) in [5, 5.41) is 0. The second-order valence-electron chi connectivity index (χ2n) is 11.4. The number of hydrogen-bond acceptors (Lipinski definition) is 4. The number of methoxy groups -OCH3 is 1. The van der Waals surface area contributed by atoms with E-state index in [2.05, 4.69) is 44.9 Å². The highest BCUT2D eigenvalue weighted by molar-refractivity contribution is 5.64. The Bertz CT molecular complexity index is 942. The standard InChI is InChI=1S/C25H33NO3/c1-14-22(2,3)25-16(8-11-28-25)13-24(14)18-12-15-6-7-17(27-5)20-19(15)23(24,21(25)29-20)9-10-26(18)4/h6-7,14,16,18,21H,8-13H2,1-5H3/t14-,16-,18+,21+,23-,24+,25+/m0/s1. The van der Waals surface area contributed by atoms with Crippen molar-refractivity contribution in [2.45, 2.75) is 69.6 Å². The van der Waals surface area contributed by atoms with E-state index >= 15 is 0 Å². The maximum atomic E-state index is 7.08. The summed E-state index contributed by atoms with van der Waals surface area (Å²) in [7, 11) is 4.15. The van der Waals surface area contributed by atoms with Crippen LogP contribution in [-0.4, -0.2) is 50.0 Å². The Morgan fingerprint density at radius 1 is 1.24 bits per heavy atom. The number of likely N-dealkylation sites (N-methyl/N-ethyl adjacent to an activating group) is 1. The molecule has 3 heterocycles. The molecule has 4 aliphatic carbocycles. The molecule has 0 amide bonds. The lowest BCUT2D eigenvalue weighted by atomic mass is 9.27. The summed E-state index contributed by atoms with van der Waals surface area (Å²) < 4.78 is 19.8. The van der Waals surface area contributed by atoms with Crippen LogP contribution in [0.2, 0.25) is 0 Å². The zero-order valence-corrected chi connectivity index (χ0v) is 18.4. The fraction of sp³-hybridized carbons (Fsp3) is 0.760. The average molecular weight is 396 g/mol. The molecule has 1 aromatic rings. The molecule has 3 saturated carbocycles. The number of benzene rings is 1. The van der Waals surface area contributed by atoms with E-state index in [0.717, 1.165) is 31.1 Å². The van der Waals surface area contributed by atoms with Gasteiger partial charge in [0.15, 0.2) is 11.5 Å². The Morgan fingerprint density at radius 2 is 2.07 bits per heavy atom. The van der Waals surface area contributed by atoms with Gasteiger partial charge >= 0.3 is 0 Å². The van der Waals surface area contributed by atoms with Crippen LogP contribution >= 0.6 is 0 Å². The lowest BCUT2D eigenvalue weighted by Gasteiger charge is -2.79. The van der Waals surface area contributed by atoms with Crippen molar-refractivity contribution in [3.63, 3.8) is 0 Å². The highest BCUT2D eigenvalue weighted by Gasteiger charge is 2.87. The average Bonchev–Trinajstić information content (AvgIpc) is 3.28. The van der Waals surface area contributed by atoms with E-state index in [4.69, 9.17) is 14.2 Å². The van der Waals surface area contributed by atoms with Gasteiger partial charge in [0, 0.05) is 34.5 Å². The summed E-state index contributed by atoms with van der Waals surface area (Å²) >= 11 is 0. The smallest absolute Gasteiger partial charge is 0.165 e. The van der Waals surface area contributed by atoms with Gasteiger partial charge < -0.3 is 19.1 Å². The van der Waals surface area contributed by atoms with Gasteiger partial charge in [-0.3, -0.25) is 0 Å². The third-order valence-corrected chi connectivity index (χ3v) is 11.0. The minimum Gasteiger partial charge on any atom is -0.493 e. The minimum absolute atomic E-state index is 0.0669. The second kappa shape index (κ2) is 4.80. The Morgan fingerprint density at radius 3 is 2.86 bits per heavy atom. The number of rotatable bonds is 1. The number of hydrogen-bond donors (Lipinski definition) is 0. The quantitative estimate of drug-likeness (QED) is 0.724. The van der Waals surface area contributed by atoms with Crippen molar-refractivity contribution in [2.24, 2.45) is 22.7 Å². The molecule has 0 aromatic heterocycles. The van der Waals surface area contributed by atoms with E-state index in [1.807, 2.05) is 0 Å². The first-order valence-electron chi connectivity index (χ1n) is 11.6. The molecule has 4 bridgehead atoms. The predicted molar refractivity (Wildman–Crippen MR) is 111 cm³/mol. The SMILES string of the molecule is COc1ccc2c3c1O[C@H]1[C@]45OCC[C@H]4C[C@]4([C@@H](C2)N(C)CC[C@]314)[C@@H](C)C5(C)C. The van der Waals surface area contributed by atoms with Crippen LogP contribution < -0.4 is 9.47 Å². The molecule has 0 unspecified atom stereocenters. The monoisotopic (exact) mass is 395 g/mol. The zero-order chi connectivity index (χ0) is 20.0. The van der Waals surface area contributed by atoms with Crippen molar-refractivity contribution < 1.29 is 14.2 Å². The lowest BCUT2D eigenvalue weighted by molar-refractivity contribution is -0.333. The van der Waals surface area contributed by atoms with Crippen molar-refractivity contribution in [1.29, 1.82) is 0 Å². The van der Waals surface area contributed by atoms with Gasteiger partial charge in [-0.1, -0.05) is 26.8 Å². The van der Waals surface area contributed by atoms with Crippen molar-refractivity contribution in [3.05, 3.63) is 23.3 Å². The van der Waals surface area contributed by atoms with Crippen LogP contribution in [0.3, 0.4) is 0 Å². The Balaban J connectivity index is 1.63. The van der Waals surface area contributed by atoms with E-state index in [-0.39, 0.29) is 27.9 Å². The van der Waals surface area contributed by atoms with E-state index < -0.39 is 0 Å². The maximum Gasteiger partial charge on any atom is 0.165 e. The van der Waals surface area contributed by atoms with Crippen LogP contribution in [0.15, 0.2) is 12.1 Å². The lowest BCUT2D eigenvalue weighted by Crippen LogP contribution is -2.86. The van der Waals surface area contributed by atoms with Crippen LogP contribution in [0.1, 0.15) is 51.2 Å². The van der Waals surface area contributed by atoms with Gasteiger partial charge in [-0.15, -0.1) is 0 Å². The highest BCUT2D eigenvalue weighted by Crippen LogP contribution is 2.82. The summed E-state index contributed by atoms with van der Waals surface area (Å²) in [4.78, 5) is 2.69. The number of nitrogens with zero attached hydrogens (tertiary/aromatic N) is 1.